The van der Waals surface area contributed by atoms with E-state index in [1.165, 1.54) is 0 Å². The summed E-state index contributed by atoms with van der Waals surface area (Å²) in [5.41, 5.74) is 1.47. The quantitative estimate of drug-likeness (QED) is 0.664. The molecule has 0 aliphatic carbocycles. The van der Waals surface area contributed by atoms with Crippen LogP contribution in [0.25, 0.3) is 10.9 Å². The van der Waals surface area contributed by atoms with Crippen LogP contribution in [0.5, 0.6) is 0 Å². The smallest absolute Gasteiger partial charge is 0.346 e. The van der Waals surface area contributed by atoms with Gasteiger partial charge in [0.05, 0.1) is 10.9 Å². The molecule has 2 aromatic rings. The molecule has 1 aromatic heterocycles. The average Bonchev–Trinajstić information content (AvgIpc) is 2.19. The summed E-state index contributed by atoms with van der Waals surface area (Å²) in [6, 6.07) is 5.48. The zero-order chi connectivity index (χ0) is 11.4. The Labute approximate surface area is 88.8 Å². The van der Waals surface area contributed by atoms with Crippen LogP contribution in [0.1, 0.15) is 25.3 Å². The van der Waals surface area contributed by atoms with Gasteiger partial charge in [0, 0.05) is 6.92 Å². The van der Waals surface area contributed by atoms with E-state index in [0.29, 0.717) is 16.8 Å². The van der Waals surface area contributed by atoms with Crippen molar-refractivity contribution in [2.24, 2.45) is 0 Å². The zero-order valence-corrected chi connectivity index (χ0v) is 9.50. The molecular weight excluding hydrogens is 190 g/mol. The summed E-state index contributed by atoms with van der Waals surface area (Å²) >= 11 is 0. The fourth-order valence-corrected chi connectivity index (χ4v) is 1.29. The van der Waals surface area contributed by atoms with Gasteiger partial charge in [-0.1, -0.05) is 19.9 Å². The first-order chi connectivity index (χ1) is 7.16. The van der Waals surface area contributed by atoms with Crippen molar-refractivity contribution in [3.63, 3.8) is 0 Å². The molecule has 0 saturated carbocycles. The second kappa shape index (κ2) is 4.73. The van der Waals surface area contributed by atoms with E-state index in [9.17, 15) is 4.79 Å². The molecule has 0 bridgehead atoms. The Bertz CT molecular complexity index is 509. The molecule has 1 heterocycles. The molecular formula is C12H15NO2. The van der Waals surface area contributed by atoms with Crippen LogP contribution in [0.2, 0.25) is 0 Å². The molecule has 0 amide bonds. The molecule has 15 heavy (non-hydrogen) atoms. The molecule has 0 N–H and O–H groups in total. The Balaban J connectivity index is 0.000000531. The van der Waals surface area contributed by atoms with Crippen molar-refractivity contribution < 1.29 is 4.42 Å². The van der Waals surface area contributed by atoms with Gasteiger partial charge in [0.2, 0.25) is 0 Å². The molecule has 3 nitrogen and oxygen atoms in total. The zero-order valence-electron chi connectivity index (χ0n) is 9.50. The minimum atomic E-state index is -0.317. The second-order valence-electron chi connectivity index (χ2n) is 3.04. The Morgan fingerprint density at radius 1 is 1.20 bits per heavy atom. The summed E-state index contributed by atoms with van der Waals surface area (Å²) < 4.78 is 4.86. The molecule has 0 aliphatic rings. The van der Waals surface area contributed by atoms with Gasteiger partial charge in [-0.05, 0) is 24.6 Å². The maximum Gasteiger partial charge on any atom is 0.346 e. The third-order valence-electron chi connectivity index (χ3n) is 1.89. The van der Waals surface area contributed by atoms with Crippen molar-refractivity contribution in [1.82, 2.24) is 4.98 Å². The highest BCUT2D eigenvalue weighted by atomic mass is 16.4. The van der Waals surface area contributed by atoms with Gasteiger partial charge < -0.3 is 4.42 Å². The maximum atomic E-state index is 11.3. The molecule has 0 spiro atoms. The molecule has 0 radical (unpaired) electrons. The molecule has 0 atom stereocenters. The summed E-state index contributed by atoms with van der Waals surface area (Å²) in [5, 5.41) is 0.538. The van der Waals surface area contributed by atoms with Gasteiger partial charge in [0.15, 0.2) is 5.89 Å². The van der Waals surface area contributed by atoms with Gasteiger partial charge in [-0.2, -0.15) is 0 Å². The van der Waals surface area contributed by atoms with Crippen LogP contribution >= 0.6 is 0 Å². The van der Waals surface area contributed by atoms with Crippen molar-refractivity contribution in [2.75, 3.05) is 0 Å². The van der Waals surface area contributed by atoms with E-state index in [1.54, 1.807) is 13.0 Å². The first kappa shape index (κ1) is 11.4. The van der Waals surface area contributed by atoms with Crippen molar-refractivity contribution in [3.8, 4) is 0 Å². The number of fused-ring (bicyclic) bond motifs is 1. The largest absolute Gasteiger partial charge is 0.408 e. The lowest BCUT2D eigenvalue weighted by molar-refractivity contribution is 0.467. The van der Waals surface area contributed by atoms with Crippen LogP contribution in [-0.2, 0) is 0 Å². The van der Waals surface area contributed by atoms with Crippen LogP contribution in [0.15, 0.2) is 27.4 Å². The Hall–Kier alpha value is -1.64. The third kappa shape index (κ3) is 2.43. The van der Waals surface area contributed by atoms with Crippen molar-refractivity contribution in [1.29, 1.82) is 0 Å². The summed E-state index contributed by atoms with van der Waals surface area (Å²) in [5.74, 6) is 0.406. The van der Waals surface area contributed by atoms with Gasteiger partial charge >= 0.3 is 5.63 Å². The van der Waals surface area contributed by atoms with Crippen LogP contribution in [-0.4, -0.2) is 4.98 Å². The fourth-order valence-electron chi connectivity index (χ4n) is 1.29. The van der Waals surface area contributed by atoms with E-state index in [-0.39, 0.29) is 5.63 Å². The first-order valence-electron chi connectivity index (χ1n) is 5.05. The summed E-state index contributed by atoms with van der Waals surface area (Å²) in [4.78, 5) is 15.4. The first-order valence-corrected chi connectivity index (χ1v) is 5.05. The van der Waals surface area contributed by atoms with Gasteiger partial charge in [0.1, 0.15) is 0 Å². The van der Waals surface area contributed by atoms with Gasteiger partial charge in [-0.3, -0.25) is 0 Å². The van der Waals surface area contributed by atoms with E-state index in [2.05, 4.69) is 4.98 Å². The number of aromatic nitrogens is 1. The molecule has 3 heteroatoms. The number of benzene rings is 1. The summed E-state index contributed by atoms with van der Waals surface area (Å²) in [6.07, 6.45) is 0. The lowest BCUT2D eigenvalue weighted by Crippen LogP contribution is -2.02. The minimum absolute atomic E-state index is 0.317. The van der Waals surface area contributed by atoms with E-state index in [0.717, 1.165) is 5.56 Å². The fraction of sp³-hybridized carbons (Fsp3) is 0.333. The lowest BCUT2D eigenvalue weighted by atomic mass is 10.2. The highest BCUT2D eigenvalue weighted by Gasteiger charge is 2.02. The average molecular weight is 205 g/mol. The maximum absolute atomic E-state index is 11.3. The van der Waals surface area contributed by atoms with Crippen LogP contribution in [0, 0.1) is 13.8 Å². The highest BCUT2D eigenvalue weighted by Crippen LogP contribution is 2.09. The number of aryl methyl sites for hydroxylation is 2. The van der Waals surface area contributed by atoms with Crippen molar-refractivity contribution in [2.45, 2.75) is 27.7 Å². The van der Waals surface area contributed by atoms with Crippen LogP contribution in [0.3, 0.4) is 0 Å². The van der Waals surface area contributed by atoms with E-state index >= 15 is 0 Å². The standard InChI is InChI=1S/C10H9NO2.C2H6/c1-6-3-4-8-9(5-6)11-7(2)13-10(8)12;1-2/h3-5H,1-2H3;1-2H3. The van der Waals surface area contributed by atoms with E-state index in [1.807, 2.05) is 32.9 Å². The predicted molar refractivity (Wildman–Crippen MR) is 61.1 cm³/mol. The molecule has 2 rings (SSSR count). The summed E-state index contributed by atoms with van der Waals surface area (Å²) in [6.45, 7) is 7.63. The molecule has 80 valence electrons. The number of rotatable bonds is 0. The Morgan fingerprint density at radius 2 is 1.87 bits per heavy atom. The van der Waals surface area contributed by atoms with E-state index in [4.69, 9.17) is 4.42 Å². The van der Waals surface area contributed by atoms with Crippen LogP contribution in [0.4, 0.5) is 0 Å². The third-order valence-corrected chi connectivity index (χ3v) is 1.89. The van der Waals surface area contributed by atoms with Gasteiger partial charge in [-0.15, -0.1) is 0 Å². The predicted octanol–water partition coefficient (Wildman–Crippen LogP) is 2.83. The topological polar surface area (TPSA) is 43.1 Å². The SMILES string of the molecule is CC.Cc1ccc2c(=O)oc(C)nc2c1. The monoisotopic (exact) mass is 205 g/mol. The van der Waals surface area contributed by atoms with Gasteiger partial charge in [-0.25, -0.2) is 9.78 Å². The van der Waals surface area contributed by atoms with E-state index < -0.39 is 0 Å². The van der Waals surface area contributed by atoms with Crippen molar-refractivity contribution in [3.05, 3.63) is 40.1 Å². The van der Waals surface area contributed by atoms with Gasteiger partial charge in [0.25, 0.3) is 0 Å². The molecule has 0 saturated heterocycles. The normalized spacial score (nSPS) is 9.60. The molecule has 0 fully saturated rings. The lowest BCUT2D eigenvalue weighted by Gasteiger charge is -1.97. The Morgan fingerprint density at radius 3 is 2.53 bits per heavy atom. The molecule has 0 unspecified atom stereocenters. The molecule has 0 aliphatic heterocycles. The highest BCUT2D eigenvalue weighted by molar-refractivity contribution is 5.77. The number of hydrogen-bond acceptors (Lipinski definition) is 3. The van der Waals surface area contributed by atoms with Crippen molar-refractivity contribution >= 4 is 10.9 Å². The Kier molecular flexibility index (Phi) is 3.61. The minimum Gasteiger partial charge on any atom is -0.408 e. The summed E-state index contributed by atoms with van der Waals surface area (Å²) in [7, 11) is 0. The van der Waals surface area contributed by atoms with Crippen LogP contribution < -0.4 is 5.63 Å². The number of nitrogens with zero attached hydrogens (tertiary/aromatic N) is 1. The molecule has 1 aromatic carbocycles. The second-order valence-corrected chi connectivity index (χ2v) is 3.04. The number of hydrogen-bond donors (Lipinski definition) is 0.